The first-order chi connectivity index (χ1) is 9.02. The molecule has 0 aliphatic heterocycles. The smallest absolute Gasteiger partial charge is 0.323 e. The Kier molecular flexibility index (Phi) is 6.07. The van der Waals surface area contributed by atoms with Gasteiger partial charge in [0.2, 0.25) is 0 Å². The summed E-state index contributed by atoms with van der Waals surface area (Å²) in [5.41, 5.74) is 0. The first-order valence-corrected chi connectivity index (χ1v) is 6.55. The van der Waals surface area contributed by atoms with E-state index in [0.717, 1.165) is 0 Å². The van der Waals surface area contributed by atoms with Crippen molar-refractivity contribution in [3.8, 4) is 0 Å². The number of thioether (sulfide) groups is 1. The zero-order chi connectivity index (χ0) is 14.3. The number of rotatable bonds is 7. The number of carboxylic acids is 1. The van der Waals surface area contributed by atoms with Gasteiger partial charge < -0.3 is 14.7 Å². The van der Waals surface area contributed by atoms with Gasteiger partial charge in [0.05, 0.1) is 24.8 Å². The molecule has 0 aliphatic carbocycles. The van der Waals surface area contributed by atoms with Gasteiger partial charge in [-0.15, -0.1) is 0 Å². The molecular weight excluding hydrogens is 270 g/mol. The number of ether oxygens (including phenoxy) is 1. The summed E-state index contributed by atoms with van der Waals surface area (Å²) in [5.74, 6) is -0.682. The van der Waals surface area contributed by atoms with Crippen LogP contribution in [0.3, 0.4) is 0 Å². The molecule has 0 bridgehead atoms. The molecule has 1 aromatic rings. The lowest BCUT2D eigenvalue weighted by Gasteiger charge is -2.15. The van der Waals surface area contributed by atoms with Gasteiger partial charge in [-0.2, -0.15) is 0 Å². The van der Waals surface area contributed by atoms with Crippen LogP contribution in [0.25, 0.3) is 0 Å². The van der Waals surface area contributed by atoms with E-state index in [0.29, 0.717) is 17.5 Å². The molecular formula is C11H15N3O4S. The number of aromatic nitrogens is 2. The molecule has 0 saturated heterocycles. The topological polar surface area (TPSA) is 92.6 Å². The fraction of sp³-hybridized carbons (Fsp3) is 0.455. The second-order valence-electron chi connectivity index (χ2n) is 3.56. The van der Waals surface area contributed by atoms with Crippen LogP contribution in [0, 0.1) is 0 Å². The van der Waals surface area contributed by atoms with Crippen LogP contribution in [0.5, 0.6) is 0 Å². The van der Waals surface area contributed by atoms with Crippen LogP contribution in [-0.4, -0.2) is 53.0 Å². The molecule has 0 aliphatic rings. The lowest BCUT2D eigenvalue weighted by molar-refractivity contribution is -0.140. The van der Waals surface area contributed by atoms with Crippen LogP contribution < -0.4 is 4.90 Å². The molecule has 0 saturated carbocycles. The second-order valence-corrected chi connectivity index (χ2v) is 4.55. The summed E-state index contributed by atoms with van der Waals surface area (Å²) in [6, 6.07) is 0. The summed E-state index contributed by atoms with van der Waals surface area (Å²) in [4.78, 5) is 31.4. The van der Waals surface area contributed by atoms with Crippen molar-refractivity contribution in [2.75, 3.05) is 30.9 Å². The van der Waals surface area contributed by atoms with E-state index in [9.17, 15) is 9.59 Å². The van der Waals surface area contributed by atoms with Gasteiger partial charge in [-0.3, -0.25) is 14.6 Å². The number of carbonyl (C=O) groups is 2. The third-order valence-electron chi connectivity index (χ3n) is 2.01. The van der Waals surface area contributed by atoms with Gasteiger partial charge in [-0.1, -0.05) is 11.8 Å². The van der Waals surface area contributed by atoms with Crippen LogP contribution in [-0.2, 0) is 14.3 Å². The van der Waals surface area contributed by atoms with Crippen LogP contribution in [0.4, 0.5) is 5.82 Å². The van der Waals surface area contributed by atoms with Crippen LogP contribution in [0.15, 0.2) is 17.4 Å². The van der Waals surface area contributed by atoms with Crippen molar-refractivity contribution in [2.45, 2.75) is 11.9 Å². The van der Waals surface area contributed by atoms with E-state index in [2.05, 4.69) is 9.97 Å². The van der Waals surface area contributed by atoms with Crippen molar-refractivity contribution in [3.63, 3.8) is 0 Å². The van der Waals surface area contributed by atoms with Gasteiger partial charge in [-0.25, -0.2) is 4.98 Å². The van der Waals surface area contributed by atoms with E-state index >= 15 is 0 Å². The summed E-state index contributed by atoms with van der Waals surface area (Å²) in [6.45, 7) is 1.91. The van der Waals surface area contributed by atoms with Crippen molar-refractivity contribution in [1.29, 1.82) is 0 Å². The third kappa shape index (κ3) is 5.56. The molecule has 0 amide bonds. The zero-order valence-corrected chi connectivity index (χ0v) is 11.5. The maximum absolute atomic E-state index is 11.2. The zero-order valence-electron chi connectivity index (χ0n) is 10.7. The van der Waals surface area contributed by atoms with E-state index in [-0.39, 0.29) is 18.3 Å². The third-order valence-corrected chi connectivity index (χ3v) is 2.88. The maximum Gasteiger partial charge on any atom is 0.323 e. The van der Waals surface area contributed by atoms with Gasteiger partial charge in [0.1, 0.15) is 17.4 Å². The van der Waals surface area contributed by atoms with Gasteiger partial charge in [0.15, 0.2) is 0 Å². The predicted octanol–water partition coefficient (Wildman–Crippen LogP) is 0.653. The lowest BCUT2D eigenvalue weighted by Crippen LogP contribution is -2.26. The summed E-state index contributed by atoms with van der Waals surface area (Å²) in [6.07, 6.45) is 2.99. The van der Waals surface area contributed by atoms with E-state index in [1.165, 1.54) is 29.1 Å². The summed E-state index contributed by atoms with van der Waals surface area (Å²) in [5, 5.41) is 9.24. The number of hydrogen-bond donors (Lipinski definition) is 1. The number of anilines is 1. The first kappa shape index (κ1) is 15.2. The highest BCUT2D eigenvalue weighted by Crippen LogP contribution is 2.17. The number of esters is 1. The van der Waals surface area contributed by atoms with Gasteiger partial charge in [0.25, 0.3) is 0 Å². The minimum Gasteiger partial charge on any atom is -0.480 e. The van der Waals surface area contributed by atoms with Gasteiger partial charge in [0, 0.05) is 7.05 Å². The molecule has 104 valence electrons. The van der Waals surface area contributed by atoms with E-state index in [1.807, 2.05) is 0 Å². The van der Waals surface area contributed by atoms with Crippen molar-refractivity contribution < 1.29 is 19.4 Å². The number of carboxylic acid groups (broad SMARTS) is 1. The number of aliphatic carboxylic acids is 1. The number of carbonyl (C=O) groups excluding carboxylic acids is 1. The average Bonchev–Trinajstić information content (AvgIpc) is 2.36. The Hall–Kier alpha value is -1.83. The van der Waals surface area contributed by atoms with Crippen LogP contribution in [0.2, 0.25) is 0 Å². The monoisotopic (exact) mass is 285 g/mol. The number of likely N-dealkylation sites (N-methyl/N-ethyl adjacent to an activating group) is 1. The SMILES string of the molecule is CCOC(=O)CSc1cncc(N(C)CC(=O)O)n1. The molecule has 19 heavy (non-hydrogen) atoms. The fourth-order valence-corrected chi connectivity index (χ4v) is 1.85. The minimum absolute atomic E-state index is 0.147. The molecule has 1 aromatic heterocycles. The van der Waals surface area contributed by atoms with Gasteiger partial charge in [-0.05, 0) is 6.92 Å². The molecule has 1 N–H and O–H groups in total. The van der Waals surface area contributed by atoms with Crippen molar-refractivity contribution in [1.82, 2.24) is 9.97 Å². The molecule has 0 atom stereocenters. The Morgan fingerprint density at radius 2 is 2.21 bits per heavy atom. The van der Waals surface area contributed by atoms with Crippen molar-refractivity contribution >= 4 is 29.5 Å². The van der Waals surface area contributed by atoms with E-state index in [4.69, 9.17) is 9.84 Å². The molecule has 8 heteroatoms. The fourth-order valence-electron chi connectivity index (χ4n) is 1.21. The second kappa shape index (κ2) is 7.57. The quantitative estimate of drug-likeness (QED) is 0.576. The summed E-state index contributed by atoms with van der Waals surface area (Å²) in [7, 11) is 1.61. The molecule has 1 rings (SSSR count). The number of hydrogen-bond acceptors (Lipinski definition) is 7. The standard InChI is InChI=1S/C11H15N3O4S/c1-3-18-11(17)7-19-9-5-12-4-8(13-9)14(2)6-10(15)16/h4-5H,3,6-7H2,1-2H3,(H,15,16). The van der Waals surface area contributed by atoms with E-state index < -0.39 is 5.97 Å². The molecule has 0 radical (unpaired) electrons. The predicted molar refractivity (Wildman–Crippen MR) is 70.3 cm³/mol. The average molecular weight is 285 g/mol. The largest absolute Gasteiger partial charge is 0.480 e. The number of nitrogens with zero attached hydrogens (tertiary/aromatic N) is 3. The van der Waals surface area contributed by atoms with E-state index in [1.54, 1.807) is 14.0 Å². The molecule has 0 aromatic carbocycles. The highest BCUT2D eigenvalue weighted by atomic mass is 32.2. The van der Waals surface area contributed by atoms with Crippen molar-refractivity contribution in [2.24, 2.45) is 0 Å². The Bertz CT molecular complexity index is 455. The molecule has 1 heterocycles. The van der Waals surface area contributed by atoms with Crippen LogP contribution in [0.1, 0.15) is 6.92 Å². The molecule has 0 spiro atoms. The molecule has 0 unspecified atom stereocenters. The normalized spacial score (nSPS) is 10.0. The Labute approximate surface area is 115 Å². The van der Waals surface area contributed by atoms with Crippen molar-refractivity contribution in [3.05, 3.63) is 12.4 Å². The molecule has 0 fully saturated rings. The Morgan fingerprint density at radius 3 is 2.84 bits per heavy atom. The molecule has 7 nitrogen and oxygen atoms in total. The maximum atomic E-state index is 11.2. The summed E-state index contributed by atoms with van der Waals surface area (Å²) < 4.78 is 4.80. The van der Waals surface area contributed by atoms with Crippen LogP contribution >= 0.6 is 11.8 Å². The lowest BCUT2D eigenvalue weighted by atomic mass is 10.5. The highest BCUT2D eigenvalue weighted by Gasteiger charge is 2.10. The highest BCUT2D eigenvalue weighted by molar-refractivity contribution is 7.99. The summed E-state index contributed by atoms with van der Waals surface area (Å²) >= 11 is 1.20. The Morgan fingerprint density at radius 1 is 1.47 bits per heavy atom. The van der Waals surface area contributed by atoms with Gasteiger partial charge >= 0.3 is 11.9 Å². The first-order valence-electron chi connectivity index (χ1n) is 5.56. The minimum atomic E-state index is -0.950. The Balaban J connectivity index is 2.61.